The molecule has 118 valence electrons. The second-order valence-corrected chi connectivity index (χ2v) is 8.26. The van der Waals surface area contributed by atoms with Gasteiger partial charge in [0, 0.05) is 12.1 Å². The van der Waals surface area contributed by atoms with Gasteiger partial charge in [0.25, 0.3) is 0 Å². The topological polar surface area (TPSA) is 12.0 Å². The lowest BCUT2D eigenvalue weighted by atomic mass is 9.70. The summed E-state index contributed by atoms with van der Waals surface area (Å²) in [5.74, 6) is 0. The van der Waals surface area contributed by atoms with Gasteiger partial charge in [-0.05, 0) is 76.0 Å². The van der Waals surface area contributed by atoms with Crippen LogP contribution in [0.15, 0.2) is 18.2 Å². The highest BCUT2D eigenvalue weighted by atomic mass is 15.0. The van der Waals surface area contributed by atoms with Crippen LogP contribution in [0.1, 0.15) is 69.6 Å². The quantitative estimate of drug-likeness (QED) is 0.804. The van der Waals surface area contributed by atoms with Crippen LogP contribution in [0.25, 0.3) is 0 Å². The molecule has 0 aromatic heterocycles. The van der Waals surface area contributed by atoms with Crippen molar-refractivity contribution in [1.29, 1.82) is 0 Å². The zero-order valence-electron chi connectivity index (χ0n) is 14.7. The van der Waals surface area contributed by atoms with Crippen molar-refractivity contribution in [1.82, 2.24) is 5.32 Å². The fourth-order valence-electron chi connectivity index (χ4n) is 3.52. The molecular formula is C20H33N. The van der Waals surface area contributed by atoms with Crippen LogP contribution in [0.2, 0.25) is 0 Å². The zero-order chi connectivity index (χ0) is 15.5. The van der Waals surface area contributed by atoms with Crippen molar-refractivity contribution in [2.45, 2.75) is 78.7 Å². The maximum absolute atomic E-state index is 3.78. The average Bonchev–Trinajstić information content (AvgIpc) is 2.41. The van der Waals surface area contributed by atoms with Crippen molar-refractivity contribution in [2.24, 2.45) is 5.41 Å². The Balaban J connectivity index is 2.13. The summed E-state index contributed by atoms with van der Waals surface area (Å²) in [6.07, 6.45) is 8.21. The van der Waals surface area contributed by atoms with E-state index in [4.69, 9.17) is 0 Å². The Bertz CT molecular complexity index is 461. The maximum Gasteiger partial charge on any atom is 0.00967 e. The normalized spacial score (nSPS) is 18.7. The lowest BCUT2D eigenvalue weighted by molar-refractivity contribution is 0.165. The molecule has 0 atom stereocenters. The highest BCUT2D eigenvalue weighted by molar-refractivity contribution is 5.30. The Labute approximate surface area is 131 Å². The molecule has 1 aliphatic rings. The van der Waals surface area contributed by atoms with Crippen LogP contribution in [0.3, 0.4) is 0 Å². The standard InChI is InChI=1S/C20H33N/c1-16-9-10-18(13-17(16)2)14-20(11-7-6-8-12-20)15-21-19(3,4)5/h9-10,13,21H,6-8,11-12,14-15H2,1-5H3. The first-order valence-electron chi connectivity index (χ1n) is 8.61. The Hall–Kier alpha value is -0.820. The third-order valence-electron chi connectivity index (χ3n) is 5.06. The predicted molar refractivity (Wildman–Crippen MR) is 92.9 cm³/mol. The van der Waals surface area contributed by atoms with Gasteiger partial charge in [-0.25, -0.2) is 0 Å². The van der Waals surface area contributed by atoms with Crippen LogP contribution in [0, 0.1) is 19.3 Å². The fraction of sp³-hybridized carbons (Fsp3) is 0.700. The van der Waals surface area contributed by atoms with Gasteiger partial charge in [0.1, 0.15) is 0 Å². The highest BCUT2D eigenvalue weighted by Gasteiger charge is 2.33. The SMILES string of the molecule is Cc1ccc(CC2(CNC(C)(C)C)CCCCC2)cc1C. The van der Waals surface area contributed by atoms with Crippen LogP contribution in [-0.4, -0.2) is 12.1 Å². The van der Waals surface area contributed by atoms with Crippen molar-refractivity contribution >= 4 is 0 Å². The van der Waals surface area contributed by atoms with Gasteiger partial charge in [0.15, 0.2) is 0 Å². The smallest absolute Gasteiger partial charge is 0.00967 e. The van der Waals surface area contributed by atoms with E-state index in [2.05, 4.69) is 58.1 Å². The highest BCUT2D eigenvalue weighted by Crippen LogP contribution is 2.39. The van der Waals surface area contributed by atoms with Crippen LogP contribution in [-0.2, 0) is 6.42 Å². The Morgan fingerprint density at radius 1 is 1.00 bits per heavy atom. The van der Waals surface area contributed by atoms with E-state index >= 15 is 0 Å². The lowest BCUT2D eigenvalue weighted by Gasteiger charge is -2.40. The number of hydrogen-bond acceptors (Lipinski definition) is 1. The first kappa shape index (κ1) is 16.5. The minimum atomic E-state index is 0.216. The molecule has 1 aromatic rings. The molecule has 1 fully saturated rings. The largest absolute Gasteiger partial charge is 0.312 e. The molecule has 0 bridgehead atoms. The second kappa shape index (κ2) is 6.52. The Kier molecular flexibility index (Phi) is 5.14. The third kappa shape index (κ3) is 4.85. The molecule has 0 amide bonds. The molecule has 0 aliphatic heterocycles. The average molecular weight is 287 g/mol. The Morgan fingerprint density at radius 3 is 2.24 bits per heavy atom. The zero-order valence-corrected chi connectivity index (χ0v) is 14.7. The van der Waals surface area contributed by atoms with E-state index < -0.39 is 0 Å². The van der Waals surface area contributed by atoms with E-state index in [0.29, 0.717) is 5.41 Å². The van der Waals surface area contributed by atoms with Crippen molar-refractivity contribution in [2.75, 3.05) is 6.54 Å². The minimum absolute atomic E-state index is 0.216. The summed E-state index contributed by atoms with van der Waals surface area (Å²) in [5.41, 5.74) is 5.04. The van der Waals surface area contributed by atoms with Crippen molar-refractivity contribution in [3.8, 4) is 0 Å². The fourth-order valence-corrected chi connectivity index (χ4v) is 3.52. The lowest BCUT2D eigenvalue weighted by Crippen LogP contribution is -2.45. The molecule has 2 rings (SSSR count). The minimum Gasteiger partial charge on any atom is -0.312 e. The molecule has 21 heavy (non-hydrogen) atoms. The summed E-state index contributed by atoms with van der Waals surface area (Å²) in [5, 5.41) is 3.78. The molecule has 1 N–H and O–H groups in total. The van der Waals surface area contributed by atoms with E-state index in [1.807, 2.05) is 0 Å². The van der Waals surface area contributed by atoms with E-state index in [0.717, 1.165) is 6.54 Å². The van der Waals surface area contributed by atoms with E-state index in [1.165, 1.54) is 55.2 Å². The molecular weight excluding hydrogens is 254 g/mol. The van der Waals surface area contributed by atoms with Crippen LogP contribution >= 0.6 is 0 Å². The van der Waals surface area contributed by atoms with Gasteiger partial charge in [-0.2, -0.15) is 0 Å². The van der Waals surface area contributed by atoms with E-state index in [1.54, 1.807) is 0 Å². The monoisotopic (exact) mass is 287 g/mol. The number of benzene rings is 1. The maximum atomic E-state index is 3.78. The van der Waals surface area contributed by atoms with E-state index in [9.17, 15) is 0 Å². The van der Waals surface area contributed by atoms with Gasteiger partial charge in [0.2, 0.25) is 0 Å². The van der Waals surface area contributed by atoms with Crippen molar-refractivity contribution < 1.29 is 0 Å². The van der Waals surface area contributed by atoms with Crippen LogP contribution in [0.4, 0.5) is 0 Å². The summed E-state index contributed by atoms with van der Waals surface area (Å²) in [6.45, 7) is 12.4. The van der Waals surface area contributed by atoms with Crippen LogP contribution in [0.5, 0.6) is 0 Å². The number of hydrogen-bond donors (Lipinski definition) is 1. The number of aryl methyl sites for hydroxylation is 2. The number of rotatable bonds is 4. The number of nitrogens with one attached hydrogen (secondary N) is 1. The van der Waals surface area contributed by atoms with Gasteiger partial charge in [-0.15, -0.1) is 0 Å². The molecule has 1 saturated carbocycles. The molecule has 1 aromatic carbocycles. The molecule has 0 spiro atoms. The summed E-state index contributed by atoms with van der Waals surface area (Å²) in [6, 6.07) is 7.04. The Morgan fingerprint density at radius 2 is 1.67 bits per heavy atom. The molecule has 1 heteroatoms. The van der Waals surface area contributed by atoms with Gasteiger partial charge < -0.3 is 5.32 Å². The molecule has 1 nitrogen and oxygen atoms in total. The van der Waals surface area contributed by atoms with Crippen molar-refractivity contribution in [3.63, 3.8) is 0 Å². The van der Waals surface area contributed by atoms with Gasteiger partial charge >= 0.3 is 0 Å². The summed E-state index contributed by atoms with van der Waals surface area (Å²) >= 11 is 0. The second-order valence-electron chi connectivity index (χ2n) is 8.26. The molecule has 0 heterocycles. The predicted octanol–water partition coefficient (Wildman–Crippen LogP) is 5.18. The first-order valence-corrected chi connectivity index (χ1v) is 8.61. The van der Waals surface area contributed by atoms with Crippen molar-refractivity contribution in [3.05, 3.63) is 34.9 Å². The van der Waals surface area contributed by atoms with Gasteiger partial charge in [-0.3, -0.25) is 0 Å². The molecule has 1 aliphatic carbocycles. The molecule has 0 saturated heterocycles. The third-order valence-corrected chi connectivity index (χ3v) is 5.06. The van der Waals surface area contributed by atoms with Gasteiger partial charge in [0.05, 0.1) is 0 Å². The summed E-state index contributed by atoms with van der Waals surface area (Å²) < 4.78 is 0. The summed E-state index contributed by atoms with van der Waals surface area (Å²) in [4.78, 5) is 0. The first-order chi connectivity index (χ1) is 9.80. The van der Waals surface area contributed by atoms with E-state index in [-0.39, 0.29) is 5.54 Å². The summed E-state index contributed by atoms with van der Waals surface area (Å²) in [7, 11) is 0. The molecule has 0 radical (unpaired) electrons. The van der Waals surface area contributed by atoms with Gasteiger partial charge in [-0.1, -0.05) is 37.5 Å². The van der Waals surface area contributed by atoms with Crippen LogP contribution < -0.4 is 5.32 Å². The molecule has 0 unspecified atom stereocenters.